The molecule has 0 heterocycles. The zero-order valence-corrected chi connectivity index (χ0v) is 16.2. The zero-order chi connectivity index (χ0) is 19.1. The van der Waals surface area contributed by atoms with Gasteiger partial charge in [-0.05, 0) is 53.2 Å². The molecule has 0 aliphatic heterocycles. The molecule has 3 rings (SSSR count). The van der Waals surface area contributed by atoms with Crippen molar-refractivity contribution in [1.82, 2.24) is 5.32 Å². The topological polar surface area (TPSA) is 42.5 Å². The van der Waals surface area contributed by atoms with Crippen molar-refractivity contribution in [2.24, 2.45) is 0 Å². The number of anilines is 1. The lowest BCUT2D eigenvalue weighted by atomic mass is 10.0. The van der Waals surface area contributed by atoms with E-state index in [-0.39, 0.29) is 0 Å². The van der Waals surface area contributed by atoms with Gasteiger partial charge in [-0.1, -0.05) is 48.5 Å². The van der Waals surface area contributed by atoms with E-state index < -0.39 is 0 Å². The minimum absolute atomic E-state index is 0.536. The first-order valence-corrected chi connectivity index (χ1v) is 9.01. The second-order valence-electron chi connectivity index (χ2n) is 5.94. The van der Waals surface area contributed by atoms with Crippen LogP contribution in [0, 0.1) is 0 Å². The van der Waals surface area contributed by atoms with Gasteiger partial charge in [-0.2, -0.15) is 0 Å². The molecule has 0 aromatic heterocycles. The first kappa shape index (κ1) is 18.7. The van der Waals surface area contributed by atoms with Crippen molar-refractivity contribution in [3.8, 4) is 22.6 Å². The van der Waals surface area contributed by atoms with Crippen molar-refractivity contribution in [2.75, 3.05) is 19.5 Å². The highest BCUT2D eigenvalue weighted by molar-refractivity contribution is 7.80. The van der Waals surface area contributed by atoms with Gasteiger partial charge in [0.15, 0.2) is 5.11 Å². The molecule has 0 atom stereocenters. The van der Waals surface area contributed by atoms with Gasteiger partial charge < -0.3 is 20.1 Å². The normalized spacial score (nSPS) is 10.1. The summed E-state index contributed by atoms with van der Waals surface area (Å²) in [7, 11) is 3.31. The molecule has 27 heavy (non-hydrogen) atoms. The van der Waals surface area contributed by atoms with E-state index in [1.807, 2.05) is 60.7 Å². The van der Waals surface area contributed by atoms with E-state index >= 15 is 0 Å². The number of thiocarbonyl (C=S) groups is 1. The number of nitrogens with one attached hydrogen (secondary N) is 2. The number of benzene rings is 3. The first-order valence-electron chi connectivity index (χ1n) is 8.61. The second-order valence-corrected chi connectivity index (χ2v) is 6.35. The van der Waals surface area contributed by atoms with E-state index in [2.05, 4.69) is 22.8 Å². The summed E-state index contributed by atoms with van der Waals surface area (Å²) in [5.74, 6) is 1.57. The zero-order valence-electron chi connectivity index (χ0n) is 15.4. The third kappa shape index (κ3) is 4.99. The Morgan fingerprint density at radius 1 is 0.852 bits per heavy atom. The van der Waals surface area contributed by atoms with Crippen LogP contribution in [-0.2, 0) is 6.54 Å². The van der Waals surface area contributed by atoms with Crippen LogP contribution in [-0.4, -0.2) is 19.3 Å². The molecule has 0 bridgehead atoms. The number of ether oxygens (including phenoxy) is 2. The number of hydrogen-bond acceptors (Lipinski definition) is 3. The van der Waals surface area contributed by atoms with Crippen LogP contribution in [0.3, 0.4) is 0 Å². The summed E-state index contributed by atoms with van der Waals surface area (Å²) >= 11 is 5.45. The van der Waals surface area contributed by atoms with Crippen molar-refractivity contribution in [2.45, 2.75) is 6.54 Å². The van der Waals surface area contributed by atoms with Gasteiger partial charge in [0.05, 0.1) is 19.9 Å². The van der Waals surface area contributed by atoms with Crippen molar-refractivity contribution >= 4 is 23.0 Å². The molecular weight excluding hydrogens is 356 g/mol. The second kappa shape index (κ2) is 9.05. The van der Waals surface area contributed by atoms with Crippen LogP contribution in [0.2, 0.25) is 0 Å². The maximum Gasteiger partial charge on any atom is 0.171 e. The predicted octanol–water partition coefficient (Wildman–Crippen LogP) is 4.86. The Bertz CT molecular complexity index is 896. The Labute approximate surface area is 165 Å². The first-order chi connectivity index (χ1) is 13.2. The van der Waals surface area contributed by atoms with Crippen LogP contribution in [0.5, 0.6) is 11.5 Å². The molecule has 3 aromatic rings. The summed E-state index contributed by atoms with van der Waals surface area (Å²) < 4.78 is 10.6. The third-order valence-electron chi connectivity index (χ3n) is 4.17. The summed E-state index contributed by atoms with van der Waals surface area (Å²) in [6.45, 7) is 0.622. The van der Waals surface area contributed by atoms with E-state index in [0.29, 0.717) is 11.7 Å². The smallest absolute Gasteiger partial charge is 0.171 e. The van der Waals surface area contributed by atoms with Crippen molar-refractivity contribution in [1.29, 1.82) is 0 Å². The van der Waals surface area contributed by atoms with Gasteiger partial charge in [0.1, 0.15) is 11.5 Å². The van der Waals surface area contributed by atoms with Crippen LogP contribution in [0.1, 0.15) is 5.56 Å². The third-order valence-corrected chi connectivity index (χ3v) is 4.41. The van der Waals surface area contributed by atoms with Crippen LogP contribution < -0.4 is 20.1 Å². The maximum atomic E-state index is 5.46. The summed E-state index contributed by atoms with van der Waals surface area (Å²) in [6.07, 6.45) is 0. The van der Waals surface area contributed by atoms with Gasteiger partial charge in [-0.3, -0.25) is 0 Å². The lowest BCUT2D eigenvalue weighted by molar-refractivity contribution is 0.414. The van der Waals surface area contributed by atoms with Gasteiger partial charge in [-0.15, -0.1) is 0 Å². The van der Waals surface area contributed by atoms with Gasteiger partial charge in [0.25, 0.3) is 0 Å². The fraction of sp³-hybridized carbons (Fsp3) is 0.136. The molecule has 5 heteroatoms. The summed E-state index contributed by atoms with van der Waals surface area (Å²) in [5.41, 5.74) is 4.17. The van der Waals surface area contributed by atoms with Crippen molar-refractivity contribution in [3.05, 3.63) is 78.4 Å². The highest BCUT2D eigenvalue weighted by Crippen LogP contribution is 2.30. The van der Waals surface area contributed by atoms with E-state index in [1.165, 1.54) is 0 Å². The Balaban J connectivity index is 1.68. The molecule has 0 amide bonds. The van der Waals surface area contributed by atoms with Crippen LogP contribution >= 0.6 is 12.2 Å². The van der Waals surface area contributed by atoms with Gasteiger partial charge >= 0.3 is 0 Å². The number of methoxy groups -OCH3 is 2. The molecule has 138 valence electrons. The molecule has 0 fully saturated rings. The highest BCUT2D eigenvalue weighted by atomic mass is 32.1. The molecule has 0 aliphatic rings. The summed E-state index contributed by atoms with van der Waals surface area (Å²) in [6, 6.07) is 24.1. The SMILES string of the molecule is COc1ccc(CNC(=S)Nc2cc(-c3ccccc3)ccc2OC)cc1. The molecule has 3 aromatic carbocycles. The number of hydrogen-bond donors (Lipinski definition) is 2. The minimum Gasteiger partial charge on any atom is -0.497 e. The molecule has 0 unspecified atom stereocenters. The van der Waals surface area contributed by atoms with E-state index in [9.17, 15) is 0 Å². The average Bonchev–Trinajstić information content (AvgIpc) is 2.73. The molecule has 2 N–H and O–H groups in total. The Morgan fingerprint density at radius 2 is 1.59 bits per heavy atom. The van der Waals surface area contributed by atoms with Gasteiger partial charge in [0.2, 0.25) is 0 Å². The van der Waals surface area contributed by atoms with E-state index in [4.69, 9.17) is 21.7 Å². The Kier molecular flexibility index (Phi) is 6.28. The predicted molar refractivity (Wildman–Crippen MR) is 114 cm³/mol. The molecule has 0 aliphatic carbocycles. The minimum atomic E-state index is 0.536. The van der Waals surface area contributed by atoms with E-state index in [0.717, 1.165) is 33.9 Å². The fourth-order valence-electron chi connectivity index (χ4n) is 2.71. The van der Waals surface area contributed by atoms with Crippen molar-refractivity contribution < 1.29 is 9.47 Å². The standard InChI is InChI=1S/C22H22N2O2S/c1-25-19-11-8-16(9-12-19)15-23-22(27)24-20-14-18(10-13-21(20)26-2)17-6-4-3-5-7-17/h3-14H,15H2,1-2H3,(H2,23,24,27). The van der Waals surface area contributed by atoms with Gasteiger partial charge in [-0.25, -0.2) is 0 Å². The van der Waals surface area contributed by atoms with E-state index in [1.54, 1.807) is 14.2 Å². The summed E-state index contributed by atoms with van der Waals surface area (Å²) in [4.78, 5) is 0. The Hall–Kier alpha value is -3.05. The molecule has 4 nitrogen and oxygen atoms in total. The average molecular weight is 378 g/mol. The van der Waals surface area contributed by atoms with Crippen LogP contribution in [0.25, 0.3) is 11.1 Å². The molecular formula is C22H22N2O2S. The monoisotopic (exact) mass is 378 g/mol. The maximum absolute atomic E-state index is 5.46. The number of rotatable bonds is 6. The lowest BCUT2D eigenvalue weighted by Crippen LogP contribution is -2.28. The lowest BCUT2D eigenvalue weighted by Gasteiger charge is -2.15. The molecule has 0 radical (unpaired) electrons. The molecule has 0 saturated heterocycles. The largest absolute Gasteiger partial charge is 0.497 e. The van der Waals surface area contributed by atoms with Crippen LogP contribution in [0.15, 0.2) is 72.8 Å². The van der Waals surface area contributed by atoms with Crippen LogP contribution in [0.4, 0.5) is 5.69 Å². The van der Waals surface area contributed by atoms with Crippen molar-refractivity contribution in [3.63, 3.8) is 0 Å². The molecule has 0 spiro atoms. The quantitative estimate of drug-likeness (QED) is 0.600. The highest BCUT2D eigenvalue weighted by Gasteiger charge is 2.08. The summed E-state index contributed by atoms with van der Waals surface area (Å²) in [5, 5.41) is 6.99. The molecule has 0 saturated carbocycles. The van der Waals surface area contributed by atoms with Gasteiger partial charge in [0, 0.05) is 6.54 Å². The fourth-order valence-corrected chi connectivity index (χ4v) is 2.89. The Morgan fingerprint density at radius 3 is 2.26 bits per heavy atom.